The molecule has 0 radical (unpaired) electrons. The molecule has 0 aliphatic heterocycles. The molecule has 1 heterocycles. The van der Waals surface area contributed by atoms with Gasteiger partial charge in [-0.25, -0.2) is 0 Å². The average molecular weight is 199 g/mol. The van der Waals surface area contributed by atoms with Crippen molar-refractivity contribution in [1.82, 2.24) is 9.55 Å². The Balaban J connectivity index is 2.69. The highest BCUT2D eigenvalue weighted by Crippen LogP contribution is 2.07. The smallest absolute Gasteiger partial charge is 0.358 e. The zero-order valence-corrected chi connectivity index (χ0v) is 7.78. The first-order chi connectivity index (χ1) is 6.13. The molecular weight excluding hydrogens is 190 g/mol. The Kier molecular flexibility index (Phi) is 3.07. The highest BCUT2D eigenvalue weighted by atomic mass is 32.1. The van der Waals surface area contributed by atoms with Crippen molar-refractivity contribution in [3.05, 3.63) is 34.8 Å². The molecule has 0 amide bonds. The minimum Gasteiger partial charge on any atom is -0.358 e. The van der Waals surface area contributed by atoms with Crippen LogP contribution in [0.2, 0.25) is 0 Å². The molecule has 1 aromatic heterocycles. The Bertz CT molecular complexity index is 334. The van der Waals surface area contributed by atoms with Crippen molar-refractivity contribution in [3.63, 3.8) is 0 Å². The third kappa shape index (κ3) is 2.59. The van der Waals surface area contributed by atoms with Crippen molar-refractivity contribution in [1.29, 1.82) is 0 Å². The molecule has 5 nitrogen and oxygen atoms in total. The van der Waals surface area contributed by atoms with Crippen LogP contribution in [0.1, 0.15) is 0 Å². The summed E-state index contributed by atoms with van der Waals surface area (Å²) in [5, 5.41) is 10.3. The van der Waals surface area contributed by atoms with E-state index in [0.29, 0.717) is 12.3 Å². The fraction of sp³-hybridized carbons (Fsp3) is 0.286. The monoisotopic (exact) mass is 199 g/mol. The summed E-state index contributed by atoms with van der Waals surface area (Å²) in [5.74, 6) is 0.415. The van der Waals surface area contributed by atoms with Crippen LogP contribution in [-0.2, 0) is 6.54 Å². The molecule has 0 unspecified atom stereocenters. The van der Waals surface area contributed by atoms with Crippen LogP contribution in [0.3, 0.4) is 0 Å². The van der Waals surface area contributed by atoms with Gasteiger partial charge in [0.05, 0.1) is 0 Å². The van der Waals surface area contributed by atoms with Crippen molar-refractivity contribution in [2.24, 2.45) is 0 Å². The molecule has 0 aliphatic rings. The van der Waals surface area contributed by atoms with E-state index in [-0.39, 0.29) is 5.82 Å². The summed E-state index contributed by atoms with van der Waals surface area (Å²) in [7, 11) is 0. The minimum absolute atomic E-state index is 0.146. The SMILES string of the molecule is C=C(CS)Cn1cnc([N+](=O)[O-])c1. The zero-order valence-electron chi connectivity index (χ0n) is 6.88. The number of aromatic nitrogens is 2. The van der Waals surface area contributed by atoms with Crippen molar-refractivity contribution < 1.29 is 4.92 Å². The predicted octanol–water partition coefficient (Wildman–Crippen LogP) is 1.28. The molecule has 0 atom stereocenters. The molecule has 0 aliphatic carbocycles. The lowest BCUT2D eigenvalue weighted by molar-refractivity contribution is -0.389. The fourth-order valence-electron chi connectivity index (χ4n) is 0.837. The lowest BCUT2D eigenvalue weighted by Gasteiger charge is -1.99. The number of hydrogen-bond acceptors (Lipinski definition) is 4. The van der Waals surface area contributed by atoms with Gasteiger partial charge in [0.25, 0.3) is 0 Å². The van der Waals surface area contributed by atoms with Gasteiger partial charge in [-0.2, -0.15) is 12.6 Å². The molecule has 0 N–H and O–H groups in total. The summed E-state index contributed by atoms with van der Waals surface area (Å²) in [6.07, 6.45) is 2.78. The number of imidazole rings is 1. The lowest BCUT2D eigenvalue weighted by atomic mass is 10.3. The van der Waals surface area contributed by atoms with Crippen LogP contribution in [0, 0.1) is 10.1 Å². The van der Waals surface area contributed by atoms with E-state index in [4.69, 9.17) is 0 Å². The van der Waals surface area contributed by atoms with Crippen LogP contribution in [0.25, 0.3) is 0 Å². The molecule has 0 spiro atoms. The van der Waals surface area contributed by atoms with Crippen LogP contribution in [0.4, 0.5) is 5.82 Å². The van der Waals surface area contributed by atoms with Gasteiger partial charge in [-0.15, -0.1) is 0 Å². The van der Waals surface area contributed by atoms with Crippen molar-refractivity contribution in [3.8, 4) is 0 Å². The van der Waals surface area contributed by atoms with Crippen molar-refractivity contribution >= 4 is 18.4 Å². The first kappa shape index (κ1) is 9.79. The summed E-state index contributed by atoms with van der Waals surface area (Å²) < 4.78 is 1.61. The molecule has 1 rings (SSSR count). The standard InChI is InChI=1S/C7H9N3O2S/c1-6(4-13)2-9-3-7(8-5-9)10(11)12/h3,5,13H,1-2,4H2. The maximum atomic E-state index is 10.3. The second-order valence-electron chi connectivity index (χ2n) is 2.57. The normalized spacial score (nSPS) is 9.92. The molecule has 1 aromatic rings. The quantitative estimate of drug-likeness (QED) is 0.344. The Morgan fingerprint density at radius 2 is 2.54 bits per heavy atom. The van der Waals surface area contributed by atoms with E-state index in [9.17, 15) is 10.1 Å². The minimum atomic E-state index is -0.528. The Morgan fingerprint density at radius 1 is 1.85 bits per heavy atom. The fourth-order valence-corrected chi connectivity index (χ4v) is 0.937. The largest absolute Gasteiger partial charge is 0.381 e. The Morgan fingerprint density at radius 3 is 3.00 bits per heavy atom. The summed E-state index contributed by atoms with van der Waals surface area (Å²) >= 11 is 4.03. The third-order valence-corrected chi connectivity index (χ3v) is 1.88. The maximum Gasteiger partial charge on any atom is 0.381 e. The number of thiol groups is 1. The first-order valence-corrected chi connectivity index (χ1v) is 4.20. The van der Waals surface area contributed by atoms with Crippen LogP contribution >= 0.6 is 12.6 Å². The summed E-state index contributed by atoms with van der Waals surface area (Å²) in [6.45, 7) is 4.25. The van der Waals surface area contributed by atoms with Gasteiger partial charge in [0.2, 0.25) is 6.33 Å². The molecule has 6 heteroatoms. The third-order valence-electron chi connectivity index (χ3n) is 1.44. The number of hydrogen-bond donors (Lipinski definition) is 1. The van der Waals surface area contributed by atoms with Crippen LogP contribution < -0.4 is 0 Å². The predicted molar refractivity (Wildman–Crippen MR) is 51.9 cm³/mol. The van der Waals surface area contributed by atoms with E-state index < -0.39 is 4.92 Å². The Hall–Kier alpha value is -1.30. The maximum absolute atomic E-state index is 10.3. The van der Waals surface area contributed by atoms with Gasteiger partial charge < -0.3 is 14.7 Å². The van der Waals surface area contributed by atoms with Crippen molar-refractivity contribution in [2.75, 3.05) is 5.75 Å². The zero-order chi connectivity index (χ0) is 9.84. The first-order valence-electron chi connectivity index (χ1n) is 3.57. The molecule has 13 heavy (non-hydrogen) atoms. The molecule has 0 aromatic carbocycles. The molecule has 0 saturated heterocycles. The van der Waals surface area contributed by atoms with Gasteiger partial charge in [0.15, 0.2) is 0 Å². The molecule has 70 valence electrons. The van der Waals surface area contributed by atoms with Crippen LogP contribution in [0.5, 0.6) is 0 Å². The highest BCUT2D eigenvalue weighted by molar-refractivity contribution is 7.80. The van der Waals surface area contributed by atoms with Gasteiger partial charge in [0, 0.05) is 12.3 Å². The topological polar surface area (TPSA) is 61.0 Å². The van der Waals surface area contributed by atoms with E-state index in [1.807, 2.05) is 0 Å². The van der Waals surface area contributed by atoms with Gasteiger partial charge in [-0.3, -0.25) is 0 Å². The van der Waals surface area contributed by atoms with E-state index >= 15 is 0 Å². The van der Waals surface area contributed by atoms with Crippen LogP contribution in [-0.4, -0.2) is 20.2 Å². The second-order valence-corrected chi connectivity index (χ2v) is 2.89. The molecule has 0 saturated carbocycles. The van der Waals surface area contributed by atoms with E-state index in [0.717, 1.165) is 5.57 Å². The summed E-state index contributed by atoms with van der Waals surface area (Å²) in [4.78, 5) is 13.3. The van der Waals surface area contributed by atoms with Crippen molar-refractivity contribution in [2.45, 2.75) is 6.54 Å². The number of rotatable bonds is 4. The second kappa shape index (κ2) is 4.08. The highest BCUT2D eigenvalue weighted by Gasteiger charge is 2.09. The average Bonchev–Trinajstić information content (AvgIpc) is 2.52. The van der Waals surface area contributed by atoms with E-state index in [1.54, 1.807) is 4.57 Å². The van der Waals surface area contributed by atoms with Gasteiger partial charge >= 0.3 is 5.82 Å². The number of nitro groups is 1. The van der Waals surface area contributed by atoms with Gasteiger partial charge in [0.1, 0.15) is 6.20 Å². The van der Waals surface area contributed by atoms with Gasteiger partial charge in [-0.1, -0.05) is 6.58 Å². The number of nitrogens with zero attached hydrogens (tertiary/aromatic N) is 3. The Labute approximate surface area is 80.6 Å². The molecule has 0 fully saturated rings. The molecule has 0 bridgehead atoms. The van der Waals surface area contributed by atoms with E-state index in [1.165, 1.54) is 12.5 Å². The summed E-state index contributed by atoms with van der Waals surface area (Å²) in [5.41, 5.74) is 0.885. The lowest BCUT2D eigenvalue weighted by Crippen LogP contribution is -1.98. The summed E-state index contributed by atoms with van der Waals surface area (Å²) in [6, 6.07) is 0. The van der Waals surface area contributed by atoms with Gasteiger partial charge in [-0.05, 0) is 15.5 Å². The van der Waals surface area contributed by atoms with Crippen LogP contribution in [0.15, 0.2) is 24.7 Å². The molecular formula is C7H9N3O2S. The van der Waals surface area contributed by atoms with E-state index in [2.05, 4.69) is 24.2 Å².